The zero-order valence-electron chi connectivity index (χ0n) is 15.9. The van der Waals surface area contributed by atoms with Gasteiger partial charge in [0.25, 0.3) is 5.91 Å². The first-order valence-corrected chi connectivity index (χ1v) is 10.4. The second-order valence-electron chi connectivity index (χ2n) is 7.42. The molecular weight excluding hydrogens is 356 g/mol. The van der Waals surface area contributed by atoms with Crippen LogP contribution in [0.4, 0.5) is 0 Å². The van der Waals surface area contributed by atoms with Crippen LogP contribution >= 0.6 is 11.8 Å². The van der Waals surface area contributed by atoms with Gasteiger partial charge in [-0.15, -0.1) is 0 Å². The molecule has 4 nitrogen and oxygen atoms in total. The molecule has 2 aromatic carbocycles. The molecule has 0 unspecified atom stereocenters. The Balaban J connectivity index is 1.40. The topological polar surface area (TPSA) is 41.6 Å². The number of carbonyl (C=O) groups excluding carboxylic acids is 1. The summed E-state index contributed by atoms with van der Waals surface area (Å²) in [4.78, 5) is 17.5. The van der Waals surface area contributed by atoms with Crippen molar-refractivity contribution in [3.05, 3.63) is 54.1 Å². The average molecular weight is 383 g/mol. The summed E-state index contributed by atoms with van der Waals surface area (Å²) in [5.41, 5.74) is 0.730. The van der Waals surface area contributed by atoms with Gasteiger partial charge in [-0.3, -0.25) is 9.69 Å². The SMILES string of the molecule is COc1cccc(Sc2ccc(C(=O)N[C@@H]3C4CCN(CC4)[C@H]3C)cc2)c1. The summed E-state index contributed by atoms with van der Waals surface area (Å²) in [5.74, 6) is 1.51. The van der Waals surface area contributed by atoms with Crippen LogP contribution in [-0.4, -0.2) is 43.1 Å². The van der Waals surface area contributed by atoms with Gasteiger partial charge in [-0.2, -0.15) is 0 Å². The van der Waals surface area contributed by atoms with E-state index in [1.165, 1.54) is 25.9 Å². The molecule has 3 saturated heterocycles. The number of nitrogens with one attached hydrogen (secondary N) is 1. The summed E-state index contributed by atoms with van der Waals surface area (Å²) in [6.07, 6.45) is 2.40. The minimum absolute atomic E-state index is 0.0403. The third kappa shape index (κ3) is 3.99. The van der Waals surface area contributed by atoms with Gasteiger partial charge in [-0.25, -0.2) is 0 Å². The summed E-state index contributed by atoms with van der Waals surface area (Å²) in [5, 5.41) is 3.30. The van der Waals surface area contributed by atoms with Crippen molar-refractivity contribution < 1.29 is 9.53 Å². The summed E-state index contributed by atoms with van der Waals surface area (Å²) >= 11 is 1.67. The fourth-order valence-corrected chi connectivity index (χ4v) is 5.12. The summed E-state index contributed by atoms with van der Waals surface area (Å²) in [6.45, 7) is 4.59. The number of ether oxygens (including phenoxy) is 1. The fourth-order valence-electron chi connectivity index (χ4n) is 4.26. The maximum Gasteiger partial charge on any atom is 0.251 e. The normalized spacial score (nSPS) is 26.6. The lowest BCUT2D eigenvalue weighted by Crippen LogP contribution is -2.62. The van der Waals surface area contributed by atoms with Gasteiger partial charge in [0.05, 0.1) is 7.11 Å². The maximum absolute atomic E-state index is 12.7. The molecule has 2 atom stereocenters. The molecule has 2 bridgehead atoms. The molecule has 0 saturated carbocycles. The van der Waals surface area contributed by atoms with Crippen molar-refractivity contribution in [1.82, 2.24) is 10.2 Å². The second-order valence-corrected chi connectivity index (χ2v) is 8.57. The predicted octanol–water partition coefficient (Wildman–Crippen LogP) is 4.06. The van der Waals surface area contributed by atoms with E-state index in [1.54, 1.807) is 18.9 Å². The Morgan fingerprint density at radius 3 is 2.52 bits per heavy atom. The Bertz CT molecular complexity index is 798. The van der Waals surface area contributed by atoms with E-state index in [-0.39, 0.29) is 11.9 Å². The Hall–Kier alpha value is -1.98. The second kappa shape index (κ2) is 7.95. The van der Waals surface area contributed by atoms with Gasteiger partial charge in [0.15, 0.2) is 0 Å². The van der Waals surface area contributed by atoms with E-state index < -0.39 is 0 Å². The zero-order chi connectivity index (χ0) is 18.8. The van der Waals surface area contributed by atoms with Gasteiger partial charge in [0.2, 0.25) is 0 Å². The number of methoxy groups -OCH3 is 1. The van der Waals surface area contributed by atoms with Crippen molar-refractivity contribution in [2.45, 2.75) is 41.6 Å². The number of fused-ring (bicyclic) bond motifs is 3. The highest BCUT2D eigenvalue weighted by Gasteiger charge is 2.40. The quantitative estimate of drug-likeness (QED) is 0.847. The molecule has 2 aromatic rings. The van der Waals surface area contributed by atoms with Crippen molar-refractivity contribution in [3.63, 3.8) is 0 Å². The summed E-state index contributed by atoms with van der Waals surface area (Å²) < 4.78 is 5.28. The van der Waals surface area contributed by atoms with E-state index in [1.807, 2.05) is 42.5 Å². The molecule has 5 rings (SSSR count). The molecule has 1 amide bonds. The number of benzene rings is 2. The standard InChI is InChI=1S/C22H26N2O2S/c1-15-21(16-10-12-24(15)13-11-16)23-22(25)17-6-8-19(9-7-17)27-20-5-3-4-18(14-20)26-2/h3-9,14-16,21H,10-13H2,1-2H3,(H,23,25)/t15-,21-/m0/s1. The van der Waals surface area contributed by atoms with E-state index in [9.17, 15) is 4.79 Å². The molecule has 0 spiro atoms. The van der Waals surface area contributed by atoms with E-state index >= 15 is 0 Å². The summed E-state index contributed by atoms with van der Waals surface area (Å²) in [7, 11) is 1.67. The van der Waals surface area contributed by atoms with Crippen molar-refractivity contribution >= 4 is 17.7 Å². The number of hydrogen-bond acceptors (Lipinski definition) is 4. The first-order chi connectivity index (χ1) is 13.1. The molecule has 0 aromatic heterocycles. The van der Waals surface area contributed by atoms with Gasteiger partial charge in [-0.1, -0.05) is 17.8 Å². The predicted molar refractivity (Wildman–Crippen MR) is 109 cm³/mol. The van der Waals surface area contributed by atoms with Crippen molar-refractivity contribution in [1.29, 1.82) is 0 Å². The van der Waals surface area contributed by atoms with Gasteiger partial charge in [0.1, 0.15) is 5.75 Å². The molecule has 3 aliphatic heterocycles. The van der Waals surface area contributed by atoms with Crippen molar-refractivity contribution in [2.75, 3.05) is 20.2 Å². The lowest BCUT2D eigenvalue weighted by molar-refractivity contribution is 0.0217. The number of piperidine rings is 3. The number of carbonyl (C=O) groups is 1. The molecule has 1 N–H and O–H groups in total. The van der Waals surface area contributed by atoms with Crippen molar-refractivity contribution in [3.8, 4) is 5.75 Å². The first kappa shape index (κ1) is 18.4. The molecular formula is C22H26N2O2S. The van der Waals surface area contributed by atoms with Crippen LogP contribution in [0.2, 0.25) is 0 Å². The minimum Gasteiger partial charge on any atom is -0.497 e. The van der Waals surface area contributed by atoms with E-state index in [0.717, 1.165) is 21.1 Å². The van der Waals surface area contributed by atoms with E-state index in [4.69, 9.17) is 4.74 Å². The molecule has 3 heterocycles. The Morgan fingerprint density at radius 1 is 1.11 bits per heavy atom. The zero-order valence-corrected chi connectivity index (χ0v) is 16.7. The lowest BCUT2D eigenvalue weighted by atomic mass is 9.79. The average Bonchev–Trinajstić information content (AvgIpc) is 2.71. The lowest BCUT2D eigenvalue weighted by Gasteiger charge is -2.49. The van der Waals surface area contributed by atoms with Crippen LogP contribution in [0, 0.1) is 5.92 Å². The smallest absolute Gasteiger partial charge is 0.251 e. The highest BCUT2D eigenvalue weighted by Crippen LogP contribution is 2.33. The summed E-state index contributed by atoms with van der Waals surface area (Å²) in [6, 6.07) is 16.6. The molecule has 0 aliphatic carbocycles. The minimum atomic E-state index is 0.0403. The van der Waals surface area contributed by atoms with Crippen LogP contribution in [0.15, 0.2) is 58.3 Å². The van der Waals surface area contributed by atoms with E-state index in [0.29, 0.717) is 12.0 Å². The highest BCUT2D eigenvalue weighted by molar-refractivity contribution is 7.99. The largest absolute Gasteiger partial charge is 0.497 e. The van der Waals surface area contributed by atoms with Gasteiger partial charge in [-0.05, 0) is 81.2 Å². The van der Waals surface area contributed by atoms with Crippen LogP contribution < -0.4 is 10.1 Å². The Morgan fingerprint density at radius 2 is 1.85 bits per heavy atom. The maximum atomic E-state index is 12.7. The molecule has 27 heavy (non-hydrogen) atoms. The number of hydrogen-bond donors (Lipinski definition) is 1. The Labute approximate surface area is 165 Å². The molecule has 3 aliphatic rings. The Kier molecular flexibility index (Phi) is 5.41. The fraction of sp³-hybridized carbons (Fsp3) is 0.409. The highest BCUT2D eigenvalue weighted by atomic mass is 32.2. The molecule has 0 radical (unpaired) electrons. The van der Waals surface area contributed by atoms with Crippen LogP contribution in [0.3, 0.4) is 0 Å². The third-order valence-electron chi connectivity index (χ3n) is 5.87. The van der Waals surface area contributed by atoms with Crippen molar-refractivity contribution in [2.24, 2.45) is 5.92 Å². The molecule has 5 heteroatoms. The number of rotatable bonds is 5. The monoisotopic (exact) mass is 382 g/mol. The number of nitrogens with zero attached hydrogens (tertiary/aromatic N) is 1. The van der Waals surface area contributed by atoms with Gasteiger partial charge in [0, 0.05) is 27.4 Å². The first-order valence-electron chi connectivity index (χ1n) is 9.61. The van der Waals surface area contributed by atoms with Gasteiger partial charge < -0.3 is 10.1 Å². The third-order valence-corrected chi connectivity index (χ3v) is 6.87. The van der Waals surface area contributed by atoms with Crippen LogP contribution in [-0.2, 0) is 0 Å². The van der Waals surface area contributed by atoms with Gasteiger partial charge >= 0.3 is 0 Å². The number of amides is 1. The van der Waals surface area contributed by atoms with Crippen LogP contribution in [0.25, 0.3) is 0 Å². The van der Waals surface area contributed by atoms with Crippen LogP contribution in [0.5, 0.6) is 5.75 Å². The molecule has 3 fully saturated rings. The van der Waals surface area contributed by atoms with E-state index in [2.05, 4.69) is 23.2 Å². The molecule has 142 valence electrons. The van der Waals surface area contributed by atoms with Crippen LogP contribution in [0.1, 0.15) is 30.1 Å².